The second-order valence-corrected chi connectivity index (χ2v) is 5.08. The van der Waals surface area contributed by atoms with Gasteiger partial charge in [-0.15, -0.1) is 0 Å². The monoisotopic (exact) mass is 311 g/mol. The summed E-state index contributed by atoms with van der Waals surface area (Å²) in [7, 11) is 1.60. The molecule has 2 N–H and O–H groups in total. The Labute approximate surface area is 136 Å². The van der Waals surface area contributed by atoms with E-state index >= 15 is 0 Å². The number of rotatable bonds is 7. The largest absolute Gasteiger partial charge is 0.496 e. The van der Waals surface area contributed by atoms with Gasteiger partial charge in [0.2, 0.25) is 5.91 Å². The zero-order chi connectivity index (χ0) is 16.5. The summed E-state index contributed by atoms with van der Waals surface area (Å²) in [4.78, 5) is 11.7. The molecule has 1 amide bonds. The highest BCUT2D eigenvalue weighted by molar-refractivity contribution is 5.85. The number of hydrogen-bond acceptors (Lipinski definition) is 4. The highest BCUT2D eigenvalue weighted by Crippen LogP contribution is 2.14. The van der Waals surface area contributed by atoms with Crippen molar-refractivity contribution in [3.8, 4) is 5.75 Å². The van der Waals surface area contributed by atoms with Crippen LogP contribution in [0.4, 0.5) is 5.69 Å². The average Bonchev–Trinajstić information content (AvgIpc) is 2.57. The molecule has 23 heavy (non-hydrogen) atoms. The van der Waals surface area contributed by atoms with Crippen molar-refractivity contribution < 1.29 is 9.53 Å². The lowest BCUT2D eigenvalue weighted by Gasteiger charge is -2.06. The summed E-state index contributed by atoms with van der Waals surface area (Å²) in [5.74, 6) is 0.572. The number of carbonyl (C=O) groups excluding carboxylic acids is 1. The number of hydrazone groups is 1. The fourth-order valence-corrected chi connectivity index (χ4v) is 1.99. The molecule has 0 heterocycles. The summed E-state index contributed by atoms with van der Waals surface area (Å²) >= 11 is 0. The minimum atomic E-state index is -0.143. The molecule has 0 saturated carbocycles. The molecule has 0 saturated heterocycles. The number of aryl methyl sites for hydroxylation is 1. The molecular weight excluding hydrogens is 290 g/mol. The molecular formula is C18H21N3O2. The van der Waals surface area contributed by atoms with Crippen LogP contribution in [0.25, 0.3) is 0 Å². The number of nitrogens with one attached hydrogen (secondary N) is 2. The normalized spacial score (nSPS) is 10.5. The first kappa shape index (κ1) is 16.5. The van der Waals surface area contributed by atoms with E-state index in [9.17, 15) is 4.79 Å². The van der Waals surface area contributed by atoms with Gasteiger partial charge in [0.25, 0.3) is 0 Å². The number of benzene rings is 2. The van der Waals surface area contributed by atoms with Crippen LogP contribution in [-0.4, -0.2) is 25.8 Å². The third-order valence-corrected chi connectivity index (χ3v) is 3.26. The van der Waals surface area contributed by atoms with Gasteiger partial charge in [0, 0.05) is 24.2 Å². The van der Waals surface area contributed by atoms with E-state index in [2.05, 4.69) is 15.8 Å². The lowest BCUT2D eigenvalue weighted by Crippen LogP contribution is -2.20. The number of methoxy groups -OCH3 is 1. The highest BCUT2D eigenvalue weighted by Gasteiger charge is 2.01. The number of nitrogens with zero attached hydrogens (tertiary/aromatic N) is 1. The van der Waals surface area contributed by atoms with Crippen LogP contribution in [0.5, 0.6) is 5.75 Å². The first-order valence-electron chi connectivity index (χ1n) is 7.44. The van der Waals surface area contributed by atoms with Crippen LogP contribution in [0.2, 0.25) is 0 Å². The van der Waals surface area contributed by atoms with Gasteiger partial charge in [-0.05, 0) is 31.2 Å². The number of carbonyl (C=O) groups is 1. The molecule has 5 heteroatoms. The molecule has 2 rings (SSSR count). The molecule has 0 aliphatic heterocycles. The topological polar surface area (TPSA) is 62.7 Å². The zero-order valence-electron chi connectivity index (χ0n) is 13.4. The van der Waals surface area contributed by atoms with Gasteiger partial charge < -0.3 is 10.1 Å². The van der Waals surface area contributed by atoms with Gasteiger partial charge in [0.05, 0.1) is 13.3 Å². The lowest BCUT2D eigenvalue weighted by molar-refractivity contribution is -0.120. The van der Waals surface area contributed by atoms with E-state index in [0.717, 1.165) is 11.3 Å². The molecule has 2 aromatic carbocycles. The molecule has 0 unspecified atom stereocenters. The summed E-state index contributed by atoms with van der Waals surface area (Å²) in [6.45, 7) is 2.59. The Bertz CT molecular complexity index is 666. The summed E-state index contributed by atoms with van der Waals surface area (Å²) in [6, 6.07) is 15.5. The molecule has 0 radical (unpaired) electrons. The predicted molar refractivity (Wildman–Crippen MR) is 93.0 cm³/mol. The third-order valence-electron chi connectivity index (χ3n) is 3.26. The van der Waals surface area contributed by atoms with E-state index < -0.39 is 0 Å². The van der Waals surface area contributed by atoms with Crippen molar-refractivity contribution in [2.45, 2.75) is 13.3 Å². The minimum absolute atomic E-state index is 0.143. The molecule has 0 fully saturated rings. The molecule has 0 atom stereocenters. The van der Waals surface area contributed by atoms with E-state index in [4.69, 9.17) is 4.74 Å². The number of anilines is 1. The highest BCUT2D eigenvalue weighted by atomic mass is 16.5. The van der Waals surface area contributed by atoms with E-state index in [0.29, 0.717) is 18.7 Å². The van der Waals surface area contributed by atoms with Crippen molar-refractivity contribution in [1.82, 2.24) is 5.43 Å². The molecule has 0 spiro atoms. The van der Waals surface area contributed by atoms with Gasteiger partial charge in [0.1, 0.15) is 5.75 Å². The first-order valence-corrected chi connectivity index (χ1v) is 7.44. The first-order chi connectivity index (χ1) is 11.2. The second-order valence-electron chi connectivity index (χ2n) is 5.08. The van der Waals surface area contributed by atoms with Gasteiger partial charge in [0.15, 0.2) is 0 Å². The van der Waals surface area contributed by atoms with Crippen molar-refractivity contribution in [3.63, 3.8) is 0 Å². The fraction of sp³-hybridized carbons (Fsp3) is 0.222. The molecule has 0 bridgehead atoms. The SMILES string of the molecule is COc1ccccc1/C=N/NC(=O)CCNc1ccc(C)cc1. The van der Waals surface area contributed by atoms with Crippen molar-refractivity contribution >= 4 is 17.8 Å². The molecule has 2 aromatic rings. The van der Waals surface area contributed by atoms with Crippen LogP contribution < -0.4 is 15.5 Å². The number of hydrogen-bond donors (Lipinski definition) is 2. The van der Waals surface area contributed by atoms with E-state index in [-0.39, 0.29) is 5.91 Å². The smallest absolute Gasteiger partial charge is 0.241 e. The number of ether oxygens (including phenoxy) is 1. The Morgan fingerprint density at radius 1 is 1.17 bits per heavy atom. The Hall–Kier alpha value is -2.82. The Morgan fingerprint density at radius 3 is 2.65 bits per heavy atom. The van der Waals surface area contributed by atoms with Crippen LogP contribution in [-0.2, 0) is 4.79 Å². The van der Waals surface area contributed by atoms with Gasteiger partial charge >= 0.3 is 0 Å². The van der Waals surface area contributed by atoms with Gasteiger partial charge in [-0.1, -0.05) is 29.8 Å². The van der Waals surface area contributed by atoms with Crippen molar-refractivity contribution in [3.05, 3.63) is 59.7 Å². The molecule has 0 aliphatic carbocycles. The summed E-state index contributed by atoms with van der Waals surface area (Å²) in [6.07, 6.45) is 1.92. The Morgan fingerprint density at radius 2 is 1.91 bits per heavy atom. The molecule has 0 aliphatic rings. The van der Waals surface area contributed by atoms with Crippen LogP contribution in [0.1, 0.15) is 17.5 Å². The quantitative estimate of drug-likeness (QED) is 0.610. The average molecular weight is 311 g/mol. The number of para-hydroxylation sites is 1. The van der Waals surface area contributed by atoms with Gasteiger partial charge in [-0.25, -0.2) is 5.43 Å². The van der Waals surface area contributed by atoms with Crippen molar-refractivity contribution in [1.29, 1.82) is 0 Å². The summed E-state index contributed by atoms with van der Waals surface area (Å²) in [5.41, 5.74) is 5.53. The number of amides is 1. The lowest BCUT2D eigenvalue weighted by atomic mass is 10.2. The maximum absolute atomic E-state index is 11.7. The van der Waals surface area contributed by atoms with Crippen LogP contribution >= 0.6 is 0 Å². The van der Waals surface area contributed by atoms with Crippen LogP contribution in [0, 0.1) is 6.92 Å². The van der Waals surface area contributed by atoms with Gasteiger partial charge in [-0.2, -0.15) is 5.10 Å². The second kappa shape index (κ2) is 8.58. The van der Waals surface area contributed by atoms with E-state index in [1.165, 1.54) is 5.56 Å². The predicted octanol–water partition coefficient (Wildman–Crippen LogP) is 2.96. The minimum Gasteiger partial charge on any atom is -0.496 e. The molecule has 120 valence electrons. The third kappa shape index (κ3) is 5.47. The zero-order valence-corrected chi connectivity index (χ0v) is 13.4. The van der Waals surface area contributed by atoms with E-state index in [1.54, 1.807) is 13.3 Å². The van der Waals surface area contributed by atoms with Gasteiger partial charge in [-0.3, -0.25) is 4.79 Å². The van der Waals surface area contributed by atoms with Crippen molar-refractivity contribution in [2.75, 3.05) is 19.0 Å². The standard InChI is InChI=1S/C18H21N3O2/c1-14-7-9-16(10-8-14)19-12-11-18(22)21-20-13-15-5-3-4-6-17(15)23-2/h3-10,13,19H,11-12H2,1-2H3,(H,21,22)/b20-13+. The summed E-state index contributed by atoms with van der Waals surface area (Å²) in [5, 5.41) is 7.15. The van der Waals surface area contributed by atoms with Crippen LogP contribution in [0.3, 0.4) is 0 Å². The van der Waals surface area contributed by atoms with Crippen LogP contribution in [0.15, 0.2) is 53.6 Å². The van der Waals surface area contributed by atoms with Crippen molar-refractivity contribution in [2.24, 2.45) is 5.10 Å². The Kier molecular flexibility index (Phi) is 6.17. The maximum Gasteiger partial charge on any atom is 0.241 e. The van der Waals surface area contributed by atoms with E-state index in [1.807, 2.05) is 55.5 Å². The Balaban J connectivity index is 1.74. The molecule has 0 aromatic heterocycles. The molecule has 5 nitrogen and oxygen atoms in total. The maximum atomic E-state index is 11.7. The fourth-order valence-electron chi connectivity index (χ4n) is 1.99. The summed E-state index contributed by atoms with van der Waals surface area (Å²) < 4.78 is 5.21.